The maximum atomic E-state index is 13.1. The summed E-state index contributed by atoms with van der Waals surface area (Å²) in [6.07, 6.45) is -6.85. The van der Waals surface area contributed by atoms with Gasteiger partial charge in [-0.2, -0.15) is 13.2 Å². The molecule has 0 heterocycles. The molecule has 1 N–H and O–H groups in total. The maximum Gasteiger partial charge on any atom is 0.416 e. The summed E-state index contributed by atoms with van der Waals surface area (Å²) in [7, 11) is 0. The van der Waals surface area contributed by atoms with E-state index in [1.807, 2.05) is 0 Å². The molecule has 0 amide bonds. The SMILES string of the molecule is OC(c1cc(F)cc(F)c1)c1cc(F)ccc1C(F)(F)F. The lowest BCUT2D eigenvalue weighted by Gasteiger charge is -2.18. The van der Waals surface area contributed by atoms with Gasteiger partial charge in [-0.1, -0.05) is 0 Å². The number of rotatable bonds is 2. The number of hydrogen-bond donors (Lipinski definition) is 1. The van der Waals surface area contributed by atoms with Gasteiger partial charge in [0.2, 0.25) is 0 Å². The van der Waals surface area contributed by atoms with Crippen molar-refractivity contribution >= 4 is 0 Å². The molecule has 1 atom stereocenters. The Labute approximate surface area is 115 Å². The number of hydrogen-bond acceptors (Lipinski definition) is 1. The van der Waals surface area contributed by atoms with Crippen LogP contribution in [0.15, 0.2) is 36.4 Å². The average Bonchev–Trinajstić information content (AvgIpc) is 2.35. The first kappa shape index (κ1) is 15.4. The van der Waals surface area contributed by atoms with E-state index in [0.717, 1.165) is 0 Å². The lowest BCUT2D eigenvalue weighted by molar-refractivity contribution is -0.139. The molecule has 21 heavy (non-hydrogen) atoms. The van der Waals surface area contributed by atoms with Gasteiger partial charge in [0.15, 0.2) is 0 Å². The van der Waals surface area contributed by atoms with E-state index < -0.39 is 46.4 Å². The van der Waals surface area contributed by atoms with Gasteiger partial charge >= 0.3 is 6.18 Å². The van der Waals surface area contributed by atoms with Crippen molar-refractivity contribution in [3.8, 4) is 0 Å². The lowest BCUT2D eigenvalue weighted by atomic mass is 9.96. The lowest BCUT2D eigenvalue weighted by Crippen LogP contribution is -2.13. The van der Waals surface area contributed by atoms with Crippen LogP contribution in [0.1, 0.15) is 22.8 Å². The van der Waals surface area contributed by atoms with Crippen LogP contribution in [0, 0.1) is 17.5 Å². The topological polar surface area (TPSA) is 20.2 Å². The van der Waals surface area contributed by atoms with Gasteiger partial charge in [-0.15, -0.1) is 0 Å². The number of aliphatic hydroxyl groups excluding tert-OH is 1. The fourth-order valence-corrected chi connectivity index (χ4v) is 1.93. The summed E-state index contributed by atoms with van der Waals surface area (Å²) in [5, 5.41) is 9.91. The zero-order valence-electron chi connectivity index (χ0n) is 10.3. The molecule has 0 aliphatic carbocycles. The number of alkyl halides is 3. The van der Waals surface area contributed by atoms with Crippen LogP contribution < -0.4 is 0 Å². The maximum absolute atomic E-state index is 13.1. The van der Waals surface area contributed by atoms with Crippen LogP contribution in [-0.2, 0) is 6.18 Å². The first-order valence-electron chi connectivity index (χ1n) is 5.69. The Bertz CT molecular complexity index is 645. The van der Waals surface area contributed by atoms with Crippen molar-refractivity contribution in [3.05, 3.63) is 70.5 Å². The summed E-state index contributed by atoms with van der Waals surface area (Å²) in [6, 6.07) is 3.40. The predicted octanol–water partition coefficient (Wildman–Crippen LogP) is 4.20. The highest BCUT2D eigenvalue weighted by molar-refractivity contribution is 5.38. The molecular weight excluding hydrogens is 298 g/mol. The molecule has 112 valence electrons. The summed E-state index contributed by atoms with van der Waals surface area (Å²) in [4.78, 5) is 0. The molecule has 0 aliphatic heterocycles. The standard InChI is InChI=1S/C14H8F6O/c15-8-1-2-12(14(18,19)20)11(6-8)13(21)7-3-9(16)5-10(17)4-7/h1-6,13,21H. The normalized spacial score (nSPS) is 13.3. The summed E-state index contributed by atoms with van der Waals surface area (Å²) < 4.78 is 77.8. The van der Waals surface area contributed by atoms with E-state index in [9.17, 15) is 31.4 Å². The van der Waals surface area contributed by atoms with Crippen molar-refractivity contribution in [2.75, 3.05) is 0 Å². The Balaban J connectivity index is 2.57. The smallest absolute Gasteiger partial charge is 0.384 e. The van der Waals surface area contributed by atoms with E-state index in [-0.39, 0.29) is 0 Å². The molecule has 0 fully saturated rings. The molecule has 0 spiro atoms. The number of benzene rings is 2. The van der Waals surface area contributed by atoms with Crippen molar-refractivity contribution < 1.29 is 31.4 Å². The number of aliphatic hydroxyl groups is 1. The zero-order chi connectivity index (χ0) is 15.8. The minimum Gasteiger partial charge on any atom is -0.384 e. The van der Waals surface area contributed by atoms with Crippen LogP contribution in [0.4, 0.5) is 26.3 Å². The zero-order valence-corrected chi connectivity index (χ0v) is 10.3. The highest BCUT2D eigenvalue weighted by atomic mass is 19.4. The molecule has 1 nitrogen and oxygen atoms in total. The quantitative estimate of drug-likeness (QED) is 0.824. The van der Waals surface area contributed by atoms with Crippen LogP contribution in [0.25, 0.3) is 0 Å². The first-order valence-corrected chi connectivity index (χ1v) is 5.69. The van der Waals surface area contributed by atoms with Crippen molar-refractivity contribution in [2.45, 2.75) is 12.3 Å². The van der Waals surface area contributed by atoms with E-state index in [4.69, 9.17) is 0 Å². The van der Waals surface area contributed by atoms with Gasteiger partial charge in [-0.05, 0) is 35.9 Å². The van der Waals surface area contributed by atoms with Crippen molar-refractivity contribution in [2.24, 2.45) is 0 Å². The Morgan fingerprint density at radius 2 is 1.38 bits per heavy atom. The Hall–Kier alpha value is -2.02. The molecule has 0 aromatic heterocycles. The monoisotopic (exact) mass is 306 g/mol. The molecule has 0 aliphatic rings. The van der Waals surface area contributed by atoms with Crippen LogP contribution in [-0.4, -0.2) is 5.11 Å². The molecule has 1 unspecified atom stereocenters. The molecular formula is C14H8F6O. The molecule has 2 rings (SSSR count). The fraction of sp³-hybridized carbons (Fsp3) is 0.143. The highest BCUT2D eigenvalue weighted by Gasteiger charge is 2.35. The Kier molecular flexibility index (Phi) is 3.95. The van der Waals surface area contributed by atoms with E-state index in [0.29, 0.717) is 36.4 Å². The second-order valence-corrected chi connectivity index (χ2v) is 4.33. The fourth-order valence-electron chi connectivity index (χ4n) is 1.93. The van der Waals surface area contributed by atoms with Crippen molar-refractivity contribution in [1.29, 1.82) is 0 Å². The third kappa shape index (κ3) is 3.36. The van der Waals surface area contributed by atoms with Crippen LogP contribution in [0.5, 0.6) is 0 Å². The molecule has 2 aromatic rings. The van der Waals surface area contributed by atoms with Gasteiger partial charge in [-0.3, -0.25) is 0 Å². The minimum atomic E-state index is -4.84. The second-order valence-electron chi connectivity index (χ2n) is 4.33. The van der Waals surface area contributed by atoms with E-state index in [1.165, 1.54) is 0 Å². The molecule has 0 saturated heterocycles. The van der Waals surface area contributed by atoms with Crippen LogP contribution in [0.3, 0.4) is 0 Å². The Morgan fingerprint density at radius 3 is 1.90 bits per heavy atom. The molecule has 0 saturated carbocycles. The van der Waals surface area contributed by atoms with Gasteiger partial charge < -0.3 is 5.11 Å². The summed E-state index contributed by atoms with van der Waals surface area (Å²) in [6.45, 7) is 0. The van der Waals surface area contributed by atoms with Gasteiger partial charge in [-0.25, -0.2) is 13.2 Å². The van der Waals surface area contributed by atoms with Gasteiger partial charge in [0.1, 0.15) is 23.6 Å². The van der Waals surface area contributed by atoms with E-state index in [2.05, 4.69) is 0 Å². The summed E-state index contributed by atoms with van der Waals surface area (Å²) in [5.74, 6) is -3.13. The Morgan fingerprint density at radius 1 is 0.810 bits per heavy atom. The second kappa shape index (κ2) is 5.40. The van der Waals surface area contributed by atoms with Gasteiger partial charge in [0.05, 0.1) is 5.56 Å². The third-order valence-electron chi connectivity index (χ3n) is 2.81. The molecule has 0 radical (unpaired) electrons. The van der Waals surface area contributed by atoms with Crippen LogP contribution >= 0.6 is 0 Å². The molecule has 7 heteroatoms. The van der Waals surface area contributed by atoms with Crippen molar-refractivity contribution in [1.82, 2.24) is 0 Å². The van der Waals surface area contributed by atoms with E-state index in [1.54, 1.807) is 0 Å². The van der Waals surface area contributed by atoms with Crippen molar-refractivity contribution in [3.63, 3.8) is 0 Å². The average molecular weight is 306 g/mol. The molecule has 0 bridgehead atoms. The number of halogens is 6. The van der Waals surface area contributed by atoms with Gasteiger partial charge in [0.25, 0.3) is 0 Å². The summed E-state index contributed by atoms with van der Waals surface area (Å²) >= 11 is 0. The van der Waals surface area contributed by atoms with Gasteiger partial charge in [0, 0.05) is 11.6 Å². The predicted molar refractivity (Wildman–Crippen MR) is 61.8 cm³/mol. The first-order chi connectivity index (χ1) is 9.68. The largest absolute Gasteiger partial charge is 0.416 e. The summed E-state index contributed by atoms with van der Waals surface area (Å²) in [5.41, 5.74) is -2.53. The highest BCUT2D eigenvalue weighted by Crippen LogP contribution is 2.37. The third-order valence-corrected chi connectivity index (χ3v) is 2.81. The van der Waals surface area contributed by atoms with E-state index >= 15 is 0 Å². The minimum absolute atomic E-state index is 0.441. The van der Waals surface area contributed by atoms with Crippen LogP contribution in [0.2, 0.25) is 0 Å². The molecule has 2 aromatic carbocycles.